The Hall–Kier alpha value is -2.70. The lowest BCUT2D eigenvalue weighted by Crippen LogP contribution is -2.42. The van der Waals surface area contributed by atoms with E-state index in [1.807, 2.05) is 18.3 Å². The SMILES string of the molecule is Cc1cc(NC(=O)N2CCC(O)CC2)ccc1-c1cc(-c2ccnc(C(C)(C)C)c2)cs1. The van der Waals surface area contributed by atoms with Crippen LogP contribution in [0.15, 0.2) is 48.0 Å². The van der Waals surface area contributed by atoms with Gasteiger partial charge in [-0.15, -0.1) is 11.3 Å². The molecule has 4 rings (SSSR count). The molecule has 3 aromatic rings. The number of aliphatic hydroxyl groups excluding tert-OH is 1. The Bertz CT molecular complexity index is 1110. The molecule has 1 fully saturated rings. The number of urea groups is 1. The zero-order valence-corrected chi connectivity index (χ0v) is 20.0. The smallest absolute Gasteiger partial charge is 0.321 e. The number of nitrogens with one attached hydrogen (secondary N) is 1. The third kappa shape index (κ3) is 5.03. The Morgan fingerprint density at radius 2 is 1.88 bits per heavy atom. The number of pyridine rings is 1. The Morgan fingerprint density at radius 3 is 2.56 bits per heavy atom. The highest BCUT2D eigenvalue weighted by Gasteiger charge is 2.21. The molecular weight excluding hydrogens is 418 g/mol. The number of thiophene rings is 1. The van der Waals surface area contributed by atoms with Gasteiger partial charge in [0.1, 0.15) is 0 Å². The number of nitrogens with zero attached hydrogens (tertiary/aromatic N) is 2. The van der Waals surface area contributed by atoms with Gasteiger partial charge in [-0.3, -0.25) is 4.98 Å². The van der Waals surface area contributed by atoms with E-state index in [-0.39, 0.29) is 17.6 Å². The molecule has 0 spiro atoms. The molecule has 3 heterocycles. The molecule has 0 aliphatic carbocycles. The summed E-state index contributed by atoms with van der Waals surface area (Å²) in [7, 11) is 0. The summed E-state index contributed by atoms with van der Waals surface area (Å²) in [5, 5.41) is 14.8. The van der Waals surface area contributed by atoms with Crippen LogP contribution in [0.4, 0.5) is 10.5 Å². The van der Waals surface area contributed by atoms with Crippen LogP contribution in [-0.4, -0.2) is 40.2 Å². The van der Waals surface area contributed by atoms with Crippen LogP contribution in [0.25, 0.3) is 21.6 Å². The van der Waals surface area contributed by atoms with Crippen LogP contribution < -0.4 is 5.32 Å². The van der Waals surface area contributed by atoms with Crippen LogP contribution in [-0.2, 0) is 5.41 Å². The number of anilines is 1. The van der Waals surface area contributed by atoms with Crippen molar-refractivity contribution in [2.24, 2.45) is 0 Å². The van der Waals surface area contributed by atoms with Crippen molar-refractivity contribution < 1.29 is 9.90 Å². The molecule has 0 saturated carbocycles. The van der Waals surface area contributed by atoms with Crippen LogP contribution in [0.2, 0.25) is 0 Å². The maximum atomic E-state index is 12.5. The van der Waals surface area contributed by atoms with Gasteiger partial charge in [-0.2, -0.15) is 0 Å². The first-order valence-electron chi connectivity index (χ1n) is 11.1. The zero-order valence-electron chi connectivity index (χ0n) is 19.2. The number of carbonyl (C=O) groups is 1. The highest BCUT2D eigenvalue weighted by Crippen LogP contribution is 2.36. The average molecular weight is 450 g/mol. The molecule has 32 heavy (non-hydrogen) atoms. The quantitative estimate of drug-likeness (QED) is 0.510. The summed E-state index contributed by atoms with van der Waals surface area (Å²) in [5.74, 6) is 0. The number of hydrogen-bond donors (Lipinski definition) is 2. The minimum Gasteiger partial charge on any atom is -0.393 e. The van der Waals surface area contributed by atoms with Gasteiger partial charge in [0.2, 0.25) is 0 Å². The first kappa shape index (κ1) is 22.5. The lowest BCUT2D eigenvalue weighted by molar-refractivity contribution is 0.0972. The average Bonchev–Trinajstić information content (AvgIpc) is 3.24. The van der Waals surface area contributed by atoms with Gasteiger partial charge in [0.25, 0.3) is 0 Å². The number of aryl methyl sites for hydroxylation is 1. The molecule has 0 unspecified atom stereocenters. The Kier molecular flexibility index (Phi) is 6.35. The number of rotatable bonds is 3. The van der Waals surface area contributed by atoms with Crippen molar-refractivity contribution in [3.8, 4) is 21.6 Å². The molecule has 1 aliphatic rings. The molecular formula is C26H31N3O2S. The number of likely N-dealkylation sites (tertiary alicyclic amines) is 1. The van der Waals surface area contributed by atoms with E-state index in [1.165, 1.54) is 21.6 Å². The standard InChI is InChI=1S/C26H31N3O2S/c1-17-13-20(28-25(31)29-11-8-21(30)9-12-29)5-6-22(17)23-14-19(16-32-23)18-7-10-27-24(15-18)26(2,3)4/h5-7,10,13-16,21,30H,8-9,11-12H2,1-4H3,(H,28,31). The van der Waals surface area contributed by atoms with Gasteiger partial charge >= 0.3 is 6.03 Å². The second-order valence-electron chi connectivity index (χ2n) is 9.56. The molecule has 0 radical (unpaired) electrons. The third-order valence-electron chi connectivity index (χ3n) is 5.96. The van der Waals surface area contributed by atoms with Gasteiger partial charge in [0.15, 0.2) is 0 Å². The van der Waals surface area contributed by atoms with Gasteiger partial charge in [-0.25, -0.2) is 4.79 Å². The second kappa shape index (κ2) is 9.04. The van der Waals surface area contributed by atoms with Gasteiger partial charge < -0.3 is 15.3 Å². The highest BCUT2D eigenvalue weighted by molar-refractivity contribution is 7.14. The summed E-state index contributed by atoms with van der Waals surface area (Å²) < 4.78 is 0. The van der Waals surface area contributed by atoms with Crippen molar-refractivity contribution in [1.82, 2.24) is 9.88 Å². The molecule has 168 valence electrons. The minimum absolute atomic E-state index is 0.0136. The number of benzene rings is 1. The molecule has 1 aliphatic heterocycles. The Balaban J connectivity index is 1.50. The van der Waals surface area contributed by atoms with E-state index in [9.17, 15) is 9.90 Å². The van der Waals surface area contributed by atoms with Crippen molar-refractivity contribution in [2.75, 3.05) is 18.4 Å². The van der Waals surface area contributed by atoms with Crippen LogP contribution in [0.3, 0.4) is 0 Å². The van der Waals surface area contributed by atoms with Gasteiger partial charge in [0, 0.05) is 41.0 Å². The van der Waals surface area contributed by atoms with Gasteiger partial charge in [-0.1, -0.05) is 26.8 Å². The monoisotopic (exact) mass is 449 g/mol. The molecule has 0 bridgehead atoms. The predicted molar refractivity (Wildman–Crippen MR) is 132 cm³/mol. The van der Waals surface area contributed by atoms with E-state index in [0.29, 0.717) is 25.9 Å². The summed E-state index contributed by atoms with van der Waals surface area (Å²) in [5.41, 5.74) is 6.56. The van der Waals surface area contributed by atoms with Crippen LogP contribution in [0.1, 0.15) is 44.9 Å². The number of aliphatic hydroxyl groups is 1. The summed E-state index contributed by atoms with van der Waals surface area (Å²) in [4.78, 5) is 20.0. The fourth-order valence-electron chi connectivity index (χ4n) is 3.94. The molecule has 5 nitrogen and oxygen atoms in total. The second-order valence-corrected chi connectivity index (χ2v) is 10.5. The predicted octanol–water partition coefficient (Wildman–Crippen LogP) is 6.07. The topological polar surface area (TPSA) is 65.5 Å². The molecule has 2 N–H and O–H groups in total. The summed E-state index contributed by atoms with van der Waals surface area (Å²) >= 11 is 1.73. The van der Waals surface area contributed by atoms with Crippen molar-refractivity contribution in [1.29, 1.82) is 0 Å². The third-order valence-corrected chi connectivity index (χ3v) is 6.92. The molecule has 2 amide bonds. The normalized spacial score (nSPS) is 15.1. The molecule has 1 saturated heterocycles. The number of amides is 2. The van der Waals surface area contributed by atoms with E-state index >= 15 is 0 Å². The minimum atomic E-state index is -0.288. The van der Waals surface area contributed by atoms with Crippen LogP contribution >= 0.6 is 11.3 Å². The van der Waals surface area contributed by atoms with Crippen molar-refractivity contribution in [3.63, 3.8) is 0 Å². The van der Waals surface area contributed by atoms with Gasteiger partial charge in [-0.05, 0) is 77.7 Å². The Morgan fingerprint density at radius 1 is 1.12 bits per heavy atom. The molecule has 6 heteroatoms. The number of aromatic nitrogens is 1. The zero-order chi connectivity index (χ0) is 22.9. The first-order valence-corrected chi connectivity index (χ1v) is 12.0. The fourth-order valence-corrected chi connectivity index (χ4v) is 4.95. The summed E-state index contributed by atoms with van der Waals surface area (Å²) in [6.45, 7) is 9.79. The maximum Gasteiger partial charge on any atom is 0.321 e. The van der Waals surface area contributed by atoms with E-state index < -0.39 is 0 Å². The van der Waals surface area contributed by atoms with E-state index in [2.05, 4.69) is 67.6 Å². The maximum absolute atomic E-state index is 12.5. The number of piperidine rings is 1. The van der Waals surface area contributed by atoms with Gasteiger partial charge in [0.05, 0.1) is 6.10 Å². The summed E-state index contributed by atoms with van der Waals surface area (Å²) in [6, 6.07) is 12.4. The van der Waals surface area contributed by atoms with Crippen molar-refractivity contribution in [3.05, 3.63) is 59.2 Å². The largest absolute Gasteiger partial charge is 0.393 e. The summed E-state index contributed by atoms with van der Waals surface area (Å²) in [6.07, 6.45) is 2.88. The molecule has 2 aromatic heterocycles. The molecule has 1 aromatic carbocycles. The van der Waals surface area contributed by atoms with Crippen molar-refractivity contribution >= 4 is 23.1 Å². The lowest BCUT2D eigenvalue weighted by atomic mass is 9.90. The fraction of sp³-hybridized carbons (Fsp3) is 0.385. The van der Waals surface area contributed by atoms with Crippen LogP contribution in [0, 0.1) is 6.92 Å². The van der Waals surface area contributed by atoms with E-state index in [0.717, 1.165) is 16.9 Å². The van der Waals surface area contributed by atoms with E-state index in [1.54, 1.807) is 16.2 Å². The Labute approximate surface area is 194 Å². The highest BCUT2D eigenvalue weighted by atomic mass is 32.1. The number of hydrogen-bond acceptors (Lipinski definition) is 4. The first-order chi connectivity index (χ1) is 15.2. The van der Waals surface area contributed by atoms with Crippen LogP contribution in [0.5, 0.6) is 0 Å². The van der Waals surface area contributed by atoms with E-state index in [4.69, 9.17) is 0 Å². The molecule has 0 atom stereocenters. The van der Waals surface area contributed by atoms with Crippen molar-refractivity contribution in [2.45, 2.75) is 52.1 Å². The number of carbonyl (C=O) groups excluding carboxylic acids is 1. The lowest BCUT2D eigenvalue weighted by Gasteiger charge is -2.29.